The van der Waals surface area contributed by atoms with Gasteiger partial charge in [0, 0.05) is 13.1 Å². The molecule has 0 spiro atoms. The van der Waals surface area contributed by atoms with Crippen molar-refractivity contribution in [3.63, 3.8) is 0 Å². The molecule has 14 heavy (non-hydrogen) atoms. The van der Waals surface area contributed by atoms with Crippen molar-refractivity contribution in [1.29, 1.82) is 0 Å². The summed E-state index contributed by atoms with van der Waals surface area (Å²) < 4.78 is 1.42. The zero-order valence-electron chi connectivity index (χ0n) is 7.27. The van der Waals surface area contributed by atoms with Gasteiger partial charge in [0.1, 0.15) is 16.1 Å². The maximum Gasteiger partial charge on any atom is 0.281 e. The van der Waals surface area contributed by atoms with Gasteiger partial charge in [-0.1, -0.05) is 17.7 Å². The van der Waals surface area contributed by atoms with Crippen LogP contribution in [0.25, 0.3) is 10.9 Å². The summed E-state index contributed by atoms with van der Waals surface area (Å²) in [6, 6.07) is 4.69. The van der Waals surface area contributed by atoms with Gasteiger partial charge in [0.2, 0.25) is 0 Å². The van der Waals surface area contributed by atoms with Crippen molar-refractivity contribution in [3.8, 4) is 0 Å². The molecular weight excluding hydrogens is 206 g/mol. The highest BCUT2D eigenvalue weighted by Crippen LogP contribution is 2.30. The molecule has 72 valence electrons. The number of fused-ring (bicyclic) bond motifs is 1. The van der Waals surface area contributed by atoms with E-state index in [2.05, 4.69) is 5.10 Å². The zero-order chi connectivity index (χ0) is 10.3. The third-order valence-electron chi connectivity index (χ3n) is 1.97. The third-order valence-corrected chi connectivity index (χ3v) is 2.40. The van der Waals surface area contributed by atoms with Gasteiger partial charge < -0.3 is 0 Å². The number of non-ortho nitro benzene ring substituents is 1. The lowest BCUT2D eigenvalue weighted by Gasteiger charge is -1.92. The van der Waals surface area contributed by atoms with E-state index >= 15 is 0 Å². The number of benzene rings is 1. The molecule has 1 aromatic carbocycles. The van der Waals surface area contributed by atoms with Crippen LogP contribution in [0.1, 0.15) is 0 Å². The molecule has 0 fully saturated rings. The van der Waals surface area contributed by atoms with E-state index < -0.39 is 4.92 Å². The van der Waals surface area contributed by atoms with Crippen LogP contribution in [0.2, 0.25) is 5.15 Å². The molecule has 1 aromatic heterocycles. The van der Waals surface area contributed by atoms with Gasteiger partial charge in [0.15, 0.2) is 0 Å². The van der Waals surface area contributed by atoms with Crippen LogP contribution in [0.5, 0.6) is 0 Å². The molecule has 0 atom stereocenters. The predicted octanol–water partition coefficient (Wildman–Crippen LogP) is 2.13. The molecule has 0 N–H and O–H groups in total. The normalized spacial score (nSPS) is 10.7. The zero-order valence-corrected chi connectivity index (χ0v) is 8.02. The van der Waals surface area contributed by atoms with Crippen LogP contribution in [-0.2, 0) is 7.05 Å². The van der Waals surface area contributed by atoms with Crippen molar-refractivity contribution in [2.75, 3.05) is 0 Å². The summed E-state index contributed by atoms with van der Waals surface area (Å²) in [6.07, 6.45) is 0. The Hall–Kier alpha value is -1.62. The van der Waals surface area contributed by atoms with Crippen LogP contribution >= 0.6 is 11.6 Å². The molecule has 0 saturated carbocycles. The smallest absolute Gasteiger partial charge is 0.258 e. The van der Waals surface area contributed by atoms with Crippen molar-refractivity contribution in [2.24, 2.45) is 7.05 Å². The minimum Gasteiger partial charge on any atom is -0.258 e. The van der Waals surface area contributed by atoms with Gasteiger partial charge in [-0.15, -0.1) is 0 Å². The highest BCUT2D eigenvalue weighted by atomic mass is 35.5. The molecule has 0 aliphatic rings. The summed E-state index contributed by atoms with van der Waals surface area (Å²) >= 11 is 5.89. The Balaban J connectivity index is 2.91. The molecule has 5 nitrogen and oxygen atoms in total. The van der Waals surface area contributed by atoms with Crippen molar-refractivity contribution >= 4 is 28.2 Å². The van der Waals surface area contributed by atoms with E-state index in [0.717, 1.165) is 0 Å². The second kappa shape index (κ2) is 2.95. The van der Waals surface area contributed by atoms with Crippen LogP contribution in [0, 0.1) is 10.1 Å². The largest absolute Gasteiger partial charge is 0.281 e. The minimum absolute atomic E-state index is 0.0133. The summed E-state index contributed by atoms with van der Waals surface area (Å²) in [6.45, 7) is 0. The van der Waals surface area contributed by atoms with E-state index in [1.807, 2.05) is 0 Å². The number of rotatable bonds is 1. The Labute approximate surface area is 84.0 Å². The van der Waals surface area contributed by atoms with Crippen molar-refractivity contribution in [1.82, 2.24) is 9.78 Å². The Bertz CT molecular complexity index is 521. The highest BCUT2D eigenvalue weighted by molar-refractivity contribution is 6.35. The first kappa shape index (κ1) is 8.96. The Kier molecular flexibility index (Phi) is 1.89. The maximum absolute atomic E-state index is 10.7. The van der Waals surface area contributed by atoms with E-state index in [0.29, 0.717) is 10.9 Å². The summed E-state index contributed by atoms with van der Waals surface area (Å²) in [5, 5.41) is 15.4. The lowest BCUT2D eigenvalue weighted by molar-refractivity contribution is -0.383. The van der Waals surface area contributed by atoms with Gasteiger partial charge in [0.25, 0.3) is 5.69 Å². The number of aromatic nitrogens is 2. The van der Waals surface area contributed by atoms with Gasteiger partial charge in [-0.3, -0.25) is 14.8 Å². The number of hydrogen-bond donors (Lipinski definition) is 0. The van der Waals surface area contributed by atoms with Crippen LogP contribution in [0.15, 0.2) is 18.2 Å². The molecule has 0 aliphatic heterocycles. The molecule has 0 unspecified atom stereocenters. The van der Waals surface area contributed by atoms with E-state index in [4.69, 9.17) is 11.6 Å². The fourth-order valence-electron chi connectivity index (χ4n) is 1.34. The van der Waals surface area contributed by atoms with Gasteiger partial charge in [-0.2, -0.15) is 5.10 Å². The van der Waals surface area contributed by atoms with E-state index in [-0.39, 0.29) is 10.8 Å². The lowest BCUT2D eigenvalue weighted by Crippen LogP contribution is -1.89. The molecule has 0 saturated heterocycles. The monoisotopic (exact) mass is 211 g/mol. The fourth-order valence-corrected chi connectivity index (χ4v) is 1.57. The highest BCUT2D eigenvalue weighted by Gasteiger charge is 2.18. The van der Waals surface area contributed by atoms with Gasteiger partial charge >= 0.3 is 0 Å². The number of aryl methyl sites for hydroxylation is 1. The average molecular weight is 212 g/mol. The third kappa shape index (κ3) is 1.13. The molecule has 2 aromatic rings. The fraction of sp³-hybridized carbons (Fsp3) is 0.125. The Morgan fingerprint density at radius 1 is 1.57 bits per heavy atom. The topological polar surface area (TPSA) is 61.0 Å². The maximum atomic E-state index is 10.7. The summed E-state index contributed by atoms with van der Waals surface area (Å²) in [5.74, 6) is 0. The van der Waals surface area contributed by atoms with E-state index in [9.17, 15) is 10.1 Å². The van der Waals surface area contributed by atoms with Crippen molar-refractivity contribution in [2.45, 2.75) is 0 Å². The summed E-state index contributed by atoms with van der Waals surface area (Å²) in [4.78, 5) is 10.2. The summed E-state index contributed by atoms with van der Waals surface area (Å²) in [5.41, 5.74) is 0.521. The van der Waals surface area contributed by atoms with Crippen LogP contribution in [-0.4, -0.2) is 14.7 Å². The second-order valence-electron chi connectivity index (χ2n) is 2.84. The Morgan fingerprint density at radius 3 is 2.93 bits per heavy atom. The standard InChI is InChI=1S/C8H6ClN3O2/c1-11-8(9)7-5(10-11)3-2-4-6(7)12(13)14/h2-4H,1H3. The number of nitrogens with zero attached hydrogens (tertiary/aromatic N) is 3. The molecule has 0 bridgehead atoms. The van der Waals surface area contributed by atoms with E-state index in [1.165, 1.54) is 10.7 Å². The Morgan fingerprint density at radius 2 is 2.29 bits per heavy atom. The van der Waals surface area contributed by atoms with Gasteiger partial charge in [-0.25, -0.2) is 0 Å². The molecule has 1 heterocycles. The number of halogens is 1. The second-order valence-corrected chi connectivity index (χ2v) is 3.20. The van der Waals surface area contributed by atoms with Gasteiger partial charge in [0.05, 0.1) is 4.92 Å². The molecular formula is C8H6ClN3O2. The number of nitro groups is 1. The summed E-state index contributed by atoms with van der Waals surface area (Å²) in [7, 11) is 1.64. The molecule has 6 heteroatoms. The van der Waals surface area contributed by atoms with Gasteiger partial charge in [-0.05, 0) is 6.07 Å². The molecule has 2 rings (SSSR count). The van der Waals surface area contributed by atoms with Crippen molar-refractivity contribution < 1.29 is 4.92 Å². The first-order valence-electron chi connectivity index (χ1n) is 3.87. The first-order valence-corrected chi connectivity index (χ1v) is 4.24. The number of nitro benzene ring substituents is 1. The average Bonchev–Trinajstić information content (AvgIpc) is 2.43. The van der Waals surface area contributed by atoms with Crippen LogP contribution in [0.3, 0.4) is 0 Å². The quantitative estimate of drug-likeness (QED) is 0.536. The molecule has 0 amide bonds. The van der Waals surface area contributed by atoms with Crippen LogP contribution < -0.4 is 0 Å². The van der Waals surface area contributed by atoms with E-state index in [1.54, 1.807) is 19.2 Å². The predicted molar refractivity (Wildman–Crippen MR) is 52.4 cm³/mol. The van der Waals surface area contributed by atoms with Crippen molar-refractivity contribution in [3.05, 3.63) is 33.5 Å². The number of hydrogen-bond acceptors (Lipinski definition) is 3. The van der Waals surface area contributed by atoms with Crippen LogP contribution in [0.4, 0.5) is 5.69 Å². The molecule has 0 radical (unpaired) electrons. The lowest BCUT2D eigenvalue weighted by atomic mass is 10.2. The first-order chi connectivity index (χ1) is 6.61. The molecule has 0 aliphatic carbocycles. The minimum atomic E-state index is -0.462. The SMILES string of the molecule is Cn1nc2cccc([N+](=O)[O-])c2c1Cl.